The molecule has 1 aliphatic heterocycles. The molecule has 0 aromatic heterocycles. The van der Waals surface area contributed by atoms with Gasteiger partial charge in [-0.25, -0.2) is 12.7 Å². The molecule has 1 aliphatic rings. The summed E-state index contributed by atoms with van der Waals surface area (Å²) in [6.07, 6.45) is 3.01. The van der Waals surface area contributed by atoms with E-state index in [1.807, 2.05) is 0 Å². The van der Waals surface area contributed by atoms with Crippen molar-refractivity contribution < 1.29 is 8.42 Å². The van der Waals surface area contributed by atoms with Crippen LogP contribution < -0.4 is 0 Å². The van der Waals surface area contributed by atoms with Crippen molar-refractivity contribution in [1.29, 1.82) is 0 Å². The Hall–Kier alpha value is 0.160. The van der Waals surface area contributed by atoms with Crippen LogP contribution in [0.4, 0.5) is 0 Å². The molecule has 0 radical (unpaired) electrons. The summed E-state index contributed by atoms with van der Waals surface area (Å²) in [5.74, 6) is 0.925. The molecular formula is C13H27ClN2O2S. The highest BCUT2D eigenvalue weighted by Gasteiger charge is 2.23. The molecule has 4 nitrogen and oxygen atoms in total. The first-order valence-corrected chi connectivity index (χ1v) is 9.36. The Morgan fingerprint density at radius 1 is 1.26 bits per heavy atom. The molecule has 0 aromatic rings. The zero-order valence-electron chi connectivity index (χ0n) is 12.1. The summed E-state index contributed by atoms with van der Waals surface area (Å²) >= 11 is 5.61. The van der Waals surface area contributed by atoms with Crippen LogP contribution in [-0.4, -0.2) is 62.0 Å². The maximum atomic E-state index is 12.3. The third-order valence-electron chi connectivity index (χ3n) is 3.36. The Balaban J connectivity index is 2.54. The third-order valence-corrected chi connectivity index (χ3v) is 5.55. The first kappa shape index (κ1) is 17.2. The lowest BCUT2D eigenvalue weighted by molar-refractivity contribution is 0.282. The second-order valence-corrected chi connectivity index (χ2v) is 8.13. The second-order valence-electron chi connectivity index (χ2n) is 5.66. The zero-order chi connectivity index (χ0) is 14.3. The lowest BCUT2D eigenvalue weighted by Gasteiger charge is -2.26. The van der Waals surface area contributed by atoms with Gasteiger partial charge in [-0.1, -0.05) is 13.8 Å². The fourth-order valence-electron chi connectivity index (χ4n) is 2.38. The number of sulfonamides is 1. The van der Waals surface area contributed by atoms with Crippen LogP contribution in [0.5, 0.6) is 0 Å². The van der Waals surface area contributed by atoms with Gasteiger partial charge in [-0.05, 0) is 38.3 Å². The molecule has 114 valence electrons. The lowest BCUT2D eigenvalue weighted by atomic mass is 10.2. The van der Waals surface area contributed by atoms with Crippen molar-refractivity contribution in [2.75, 3.05) is 44.4 Å². The Bertz CT molecular complexity index is 341. The zero-order valence-corrected chi connectivity index (χ0v) is 13.7. The highest BCUT2D eigenvalue weighted by molar-refractivity contribution is 7.89. The quantitative estimate of drug-likeness (QED) is 0.612. The van der Waals surface area contributed by atoms with Gasteiger partial charge < -0.3 is 4.90 Å². The summed E-state index contributed by atoms with van der Waals surface area (Å²) in [7, 11) is -3.15. The first-order chi connectivity index (χ1) is 8.95. The molecule has 6 heteroatoms. The summed E-state index contributed by atoms with van der Waals surface area (Å²) < 4.78 is 26.2. The topological polar surface area (TPSA) is 40.6 Å². The van der Waals surface area contributed by atoms with Crippen LogP contribution >= 0.6 is 11.6 Å². The van der Waals surface area contributed by atoms with Crippen molar-refractivity contribution >= 4 is 21.6 Å². The highest BCUT2D eigenvalue weighted by atomic mass is 35.5. The van der Waals surface area contributed by atoms with Crippen molar-refractivity contribution in [3.05, 3.63) is 0 Å². The smallest absolute Gasteiger partial charge is 0.214 e. The average Bonchev–Trinajstić information content (AvgIpc) is 2.84. The summed E-state index contributed by atoms with van der Waals surface area (Å²) in [6.45, 7) is 8.41. The monoisotopic (exact) mass is 310 g/mol. The van der Waals surface area contributed by atoms with Crippen LogP contribution in [0, 0.1) is 5.92 Å². The van der Waals surface area contributed by atoms with E-state index in [9.17, 15) is 8.42 Å². The van der Waals surface area contributed by atoms with E-state index in [1.165, 1.54) is 12.8 Å². The van der Waals surface area contributed by atoms with Crippen molar-refractivity contribution in [3.8, 4) is 0 Å². The van der Waals surface area contributed by atoms with Gasteiger partial charge in [-0.2, -0.15) is 0 Å². The highest BCUT2D eigenvalue weighted by Crippen LogP contribution is 2.11. The molecule has 0 saturated carbocycles. The number of halogens is 1. The average molecular weight is 311 g/mol. The largest absolute Gasteiger partial charge is 0.302 e. The molecule has 19 heavy (non-hydrogen) atoms. The summed E-state index contributed by atoms with van der Waals surface area (Å²) in [5.41, 5.74) is 0. The summed E-state index contributed by atoms with van der Waals surface area (Å²) in [6, 6.07) is 0. The molecule has 0 atom stereocenters. The molecule has 0 N–H and O–H groups in total. The standard InChI is InChI=1S/C13H27ClN2O2S/c1-13(2)12-16(19(17,18)11-5-6-14)10-9-15-7-3-4-8-15/h13H,3-12H2,1-2H3. The molecule has 0 unspecified atom stereocenters. The predicted octanol–water partition coefficient (Wildman–Crippen LogP) is 2.00. The van der Waals surface area contributed by atoms with Gasteiger partial charge >= 0.3 is 0 Å². The van der Waals surface area contributed by atoms with Crippen LogP contribution in [-0.2, 0) is 10.0 Å². The van der Waals surface area contributed by atoms with Crippen LogP contribution in [0.3, 0.4) is 0 Å². The van der Waals surface area contributed by atoms with Crippen LogP contribution in [0.1, 0.15) is 33.1 Å². The minimum absolute atomic E-state index is 0.170. The first-order valence-electron chi connectivity index (χ1n) is 7.22. The number of likely N-dealkylation sites (tertiary alicyclic amines) is 1. The van der Waals surface area contributed by atoms with E-state index in [0.29, 0.717) is 31.3 Å². The van der Waals surface area contributed by atoms with Gasteiger partial charge in [0.15, 0.2) is 0 Å². The second kappa shape index (κ2) is 8.45. The minimum atomic E-state index is -3.15. The van der Waals surface area contributed by atoms with Gasteiger partial charge in [0.25, 0.3) is 0 Å². The normalized spacial score (nSPS) is 17.7. The van der Waals surface area contributed by atoms with Crippen molar-refractivity contribution in [2.45, 2.75) is 33.1 Å². The van der Waals surface area contributed by atoms with E-state index in [1.54, 1.807) is 4.31 Å². The molecule has 1 fully saturated rings. The molecule has 0 amide bonds. The molecule has 0 bridgehead atoms. The Labute approximate surface area is 123 Å². The van der Waals surface area contributed by atoms with Gasteiger partial charge in [0.05, 0.1) is 5.75 Å². The minimum Gasteiger partial charge on any atom is -0.302 e. The number of nitrogens with zero attached hydrogens (tertiary/aromatic N) is 2. The number of hydrogen-bond acceptors (Lipinski definition) is 3. The Morgan fingerprint density at radius 3 is 2.42 bits per heavy atom. The molecular weight excluding hydrogens is 284 g/mol. The van der Waals surface area contributed by atoms with Gasteiger partial charge in [0.2, 0.25) is 10.0 Å². The molecule has 1 saturated heterocycles. The Kier molecular flexibility index (Phi) is 7.65. The van der Waals surface area contributed by atoms with E-state index >= 15 is 0 Å². The van der Waals surface area contributed by atoms with Crippen LogP contribution in [0.25, 0.3) is 0 Å². The summed E-state index contributed by atoms with van der Waals surface area (Å²) in [4.78, 5) is 2.35. The van der Waals surface area contributed by atoms with Crippen molar-refractivity contribution in [3.63, 3.8) is 0 Å². The molecule has 1 rings (SSSR count). The maximum absolute atomic E-state index is 12.3. The van der Waals surface area contributed by atoms with Crippen LogP contribution in [0.2, 0.25) is 0 Å². The van der Waals surface area contributed by atoms with Crippen molar-refractivity contribution in [2.24, 2.45) is 5.92 Å². The Morgan fingerprint density at radius 2 is 1.89 bits per heavy atom. The number of rotatable bonds is 9. The van der Waals surface area contributed by atoms with Crippen molar-refractivity contribution in [1.82, 2.24) is 9.21 Å². The molecule has 0 aliphatic carbocycles. The molecule has 0 spiro atoms. The third kappa shape index (κ3) is 6.43. The van der Waals surface area contributed by atoms with Crippen LogP contribution in [0.15, 0.2) is 0 Å². The van der Waals surface area contributed by atoms with E-state index in [0.717, 1.165) is 19.6 Å². The fraction of sp³-hybridized carbons (Fsp3) is 1.00. The fourth-order valence-corrected chi connectivity index (χ4v) is 4.32. The van der Waals surface area contributed by atoms with Gasteiger partial charge in [-0.15, -0.1) is 11.6 Å². The maximum Gasteiger partial charge on any atom is 0.214 e. The van der Waals surface area contributed by atoms with Gasteiger partial charge in [-0.3, -0.25) is 0 Å². The summed E-state index contributed by atoms with van der Waals surface area (Å²) in [5, 5.41) is 0. The van der Waals surface area contributed by atoms with E-state index in [-0.39, 0.29) is 5.75 Å². The SMILES string of the molecule is CC(C)CN(CCN1CCCC1)S(=O)(=O)CCCCl. The van der Waals surface area contributed by atoms with Gasteiger partial charge in [0.1, 0.15) is 0 Å². The lowest BCUT2D eigenvalue weighted by Crippen LogP contribution is -2.41. The van der Waals surface area contributed by atoms with Gasteiger partial charge in [0, 0.05) is 25.5 Å². The number of alkyl halides is 1. The number of hydrogen-bond donors (Lipinski definition) is 0. The molecule has 0 aromatic carbocycles. The molecule has 1 heterocycles. The predicted molar refractivity (Wildman–Crippen MR) is 81.2 cm³/mol. The van der Waals surface area contributed by atoms with E-state index in [2.05, 4.69) is 18.7 Å². The van der Waals surface area contributed by atoms with E-state index in [4.69, 9.17) is 11.6 Å². The van der Waals surface area contributed by atoms with E-state index < -0.39 is 10.0 Å².